The van der Waals surface area contributed by atoms with Crippen molar-refractivity contribution in [1.82, 2.24) is 15.2 Å². The minimum absolute atomic E-state index is 0.0729. The van der Waals surface area contributed by atoms with Crippen molar-refractivity contribution < 1.29 is 9.53 Å². The van der Waals surface area contributed by atoms with Gasteiger partial charge in [0.25, 0.3) is 5.91 Å². The highest BCUT2D eigenvalue weighted by atomic mass is 35.5. The summed E-state index contributed by atoms with van der Waals surface area (Å²) in [5.41, 5.74) is 0.997. The lowest BCUT2D eigenvalue weighted by Crippen LogP contribution is -2.37. The Morgan fingerprint density at radius 2 is 2.00 bits per heavy atom. The molecule has 1 aromatic heterocycles. The molecule has 26 heavy (non-hydrogen) atoms. The average Bonchev–Trinajstić information content (AvgIpc) is 3.17. The first kappa shape index (κ1) is 18.5. The van der Waals surface area contributed by atoms with Crippen LogP contribution in [0.15, 0.2) is 41.3 Å². The number of nitrogens with zero attached hydrogens (tertiary/aromatic N) is 1. The summed E-state index contributed by atoms with van der Waals surface area (Å²) in [5, 5.41) is 3.62. The van der Waals surface area contributed by atoms with Crippen LogP contribution >= 0.6 is 11.6 Å². The Bertz CT molecular complexity index is 814. The van der Waals surface area contributed by atoms with Gasteiger partial charge in [0, 0.05) is 23.8 Å². The number of likely N-dealkylation sites (tertiary alicyclic amines) is 1. The van der Waals surface area contributed by atoms with Crippen LogP contribution < -0.4 is 15.5 Å². The molecule has 7 heteroatoms. The highest BCUT2D eigenvalue weighted by Crippen LogP contribution is 2.25. The van der Waals surface area contributed by atoms with Gasteiger partial charge in [-0.15, -0.1) is 0 Å². The minimum Gasteiger partial charge on any atom is -0.491 e. The molecule has 2 aromatic rings. The number of hydrogen-bond donors (Lipinski definition) is 2. The third kappa shape index (κ3) is 4.26. The summed E-state index contributed by atoms with van der Waals surface area (Å²) in [5.74, 6) is -0.138. The van der Waals surface area contributed by atoms with Gasteiger partial charge in [-0.2, -0.15) is 0 Å². The zero-order chi connectivity index (χ0) is 18.5. The first-order chi connectivity index (χ1) is 12.6. The maximum atomic E-state index is 12.4. The smallest absolute Gasteiger partial charge is 0.267 e. The van der Waals surface area contributed by atoms with Gasteiger partial charge in [0.15, 0.2) is 5.75 Å². The Morgan fingerprint density at radius 3 is 2.62 bits per heavy atom. The van der Waals surface area contributed by atoms with Crippen LogP contribution in [0.3, 0.4) is 0 Å². The van der Waals surface area contributed by atoms with E-state index in [0.717, 1.165) is 31.5 Å². The number of ether oxygens (including phenoxy) is 1. The molecule has 1 saturated heterocycles. The monoisotopic (exact) mass is 375 g/mol. The topological polar surface area (TPSA) is 74.4 Å². The molecule has 1 atom stereocenters. The number of aromatic amines is 1. The van der Waals surface area contributed by atoms with Gasteiger partial charge >= 0.3 is 0 Å². The Morgan fingerprint density at radius 1 is 1.31 bits per heavy atom. The molecule has 1 fully saturated rings. The van der Waals surface area contributed by atoms with E-state index in [2.05, 4.69) is 15.2 Å². The standard InChI is InChI=1S/C19H22ClN3O3/c1-26-18-12-21-15(10-17(18)24)19(25)22-11-16(23-8-2-3-9-23)13-4-6-14(20)7-5-13/h4-7,10,12,16H,2-3,8-9,11H2,1H3,(H,21,24)(H,22,25). The van der Waals surface area contributed by atoms with Crippen molar-refractivity contribution in [1.29, 1.82) is 0 Å². The highest BCUT2D eigenvalue weighted by molar-refractivity contribution is 6.30. The van der Waals surface area contributed by atoms with E-state index in [9.17, 15) is 9.59 Å². The maximum Gasteiger partial charge on any atom is 0.267 e. The van der Waals surface area contributed by atoms with E-state index in [4.69, 9.17) is 16.3 Å². The SMILES string of the molecule is COc1c[nH]c(C(=O)NCC(c2ccc(Cl)cc2)N2CCCC2)cc1=O. The summed E-state index contributed by atoms with van der Waals surface area (Å²) in [6.07, 6.45) is 3.71. The molecular formula is C19H22ClN3O3. The molecule has 2 N–H and O–H groups in total. The summed E-state index contributed by atoms with van der Waals surface area (Å²) in [4.78, 5) is 29.4. The number of benzene rings is 1. The average molecular weight is 376 g/mol. The summed E-state index contributed by atoms with van der Waals surface area (Å²) < 4.78 is 4.92. The molecule has 138 valence electrons. The molecule has 1 amide bonds. The molecule has 0 saturated carbocycles. The number of rotatable bonds is 6. The van der Waals surface area contributed by atoms with E-state index >= 15 is 0 Å². The van der Waals surface area contributed by atoms with Gasteiger partial charge in [-0.1, -0.05) is 23.7 Å². The van der Waals surface area contributed by atoms with Gasteiger partial charge in [-0.25, -0.2) is 0 Å². The summed E-state index contributed by atoms with van der Waals surface area (Å²) in [7, 11) is 1.41. The molecule has 1 aliphatic rings. The molecule has 0 aliphatic carbocycles. The van der Waals surface area contributed by atoms with E-state index in [1.165, 1.54) is 19.4 Å². The van der Waals surface area contributed by atoms with Crippen LogP contribution in [0.1, 0.15) is 34.9 Å². The van der Waals surface area contributed by atoms with E-state index in [1.807, 2.05) is 24.3 Å². The van der Waals surface area contributed by atoms with Crippen molar-refractivity contribution in [2.75, 3.05) is 26.7 Å². The molecular weight excluding hydrogens is 354 g/mol. The van der Waals surface area contributed by atoms with Gasteiger partial charge in [-0.3, -0.25) is 14.5 Å². The van der Waals surface area contributed by atoms with Crippen LogP contribution in [-0.4, -0.2) is 42.5 Å². The van der Waals surface area contributed by atoms with Gasteiger partial charge in [-0.05, 0) is 43.6 Å². The number of methoxy groups -OCH3 is 1. The Kier molecular flexibility index (Phi) is 5.96. The molecule has 1 aliphatic heterocycles. The van der Waals surface area contributed by atoms with Crippen molar-refractivity contribution >= 4 is 17.5 Å². The molecule has 1 unspecified atom stereocenters. The number of H-pyrrole nitrogens is 1. The molecule has 0 spiro atoms. The predicted molar refractivity (Wildman–Crippen MR) is 101 cm³/mol. The molecule has 0 radical (unpaired) electrons. The van der Waals surface area contributed by atoms with E-state index < -0.39 is 0 Å². The van der Waals surface area contributed by atoms with Crippen molar-refractivity contribution in [2.45, 2.75) is 18.9 Å². The fraction of sp³-hybridized carbons (Fsp3) is 0.368. The first-order valence-corrected chi connectivity index (χ1v) is 9.00. The second kappa shape index (κ2) is 8.38. The second-order valence-electron chi connectivity index (χ2n) is 6.30. The van der Waals surface area contributed by atoms with Gasteiger partial charge in [0.1, 0.15) is 5.69 Å². The van der Waals surface area contributed by atoms with Crippen molar-refractivity contribution in [3.05, 3.63) is 63.0 Å². The second-order valence-corrected chi connectivity index (χ2v) is 6.74. The maximum absolute atomic E-state index is 12.4. The normalized spacial score (nSPS) is 15.6. The van der Waals surface area contributed by atoms with E-state index in [0.29, 0.717) is 11.6 Å². The number of halogens is 1. The van der Waals surface area contributed by atoms with Crippen molar-refractivity contribution in [3.8, 4) is 5.75 Å². The molecule has 3 rings (SSSR count). The molecule has 1 aromatic carbocycles. The number of carbonyl (C=O) groups is 1. The number of nitrogens with one attached hydrogen (secondary N) is 2. The summed E-state index contributed by atoms with van der Waals surface area (Å²) in [6, 6.07) is 9.04. The number of hydrogen-bond acceptors (Lipinski definition) is 4. The Balaban J connectivity index is 1.72. The Hall–Kier alpha value is -2.31. The molecule has 6 nitrogen and oxygen atoms in total. The third-order valence-corrected chi connectivity index (χ3v) is 4.89. The summed E-state index contributed by atoms with van der Waals surface area (Å²) in [6.45, 7) is 2.46. The fourth-order valence-electron chi connectivity index (χ4n) is 3.23. The van der Waals surface area contributed by atoms with Crippen LogP contribution in [0.5, 0.6) is 5.75 Å². The van der Waals surface area contributed by atoms with Crippen molar-refractivity contribution in [2.24, 2.45) is 0 Å². The Labute approximate surface area is 157 Å². The van der Waals surface area contributed by atoms with Crippen LogP contribution in [0.25, 0.3) is 0 Å². The quantitative estimate of drug-likeness (QED) is 0.813. The van der Waals surface area contributed by atoms with Crippen LogP contribution in [0.2, 0.25) is 5.02 Å². The van der Waals surface area contributed by atoms with E-state index in [-0.39, 0.29) is 28.8 Å². The third-order valence-electron chi connectivity index (χ3n) is 4.63. The fourth-order valence-corrected chi connectivity index (χ4v) is 3.36. The first-order valence-electron chi connectivity index (χ1n) is 8.63. The minimum atomic E-state index is -0.329. The lowest BCUT2D eigenvalue weighted by molar-refractivity contribution is 0.0932. The summed E-state index contributed by atoms with van der Waals surface area (Å²) >= 11 is 6.00. The zero-order valence-electron chi connectivity index (χ0n) is 14.6. The predicted octanol–water partition coefficient (Wildman–Crippen LogP) is 2.60. The number of pyridine rings is 1. The van der Waals surface area contributed by atoms with Crippen molar-refractivity contribution in [3.63, 3.8) is 0 Å². The lowest BCUT2D eigenvalue weighted by atomic mass is 10.1. The van der Waals surface area contributed by atoms with Crippen LogP contribution in [0, 0.1) is 0 Å². The van der Waals surface area contributed by atoms with Gasteiger partial charge < -0.3 is 15.0 Å². The lowest BCUT2D eigenvalue weighted by Gasteiger charge is -2.28. The zero-order valence-corrected chi connectivity index (χ0v) is 15.4. The highest BCUT2D eigenvalue weighted by Gasteiger charge is 2.24. The van der Waals surface area contributed by atoms with Gasteiger partial charge in [0.2, 0.25) is 5.43 Å². The van der Waals surface area contributed by atoms with Gasteiger partial charge in [0.05, 0.1) is 13.2 Å². The van der Waals surface area contributed by atoms with E-state index in [1.54, 1.807) is 0 Å². The number of amides is 1. The molecule has 2 heterocycles. The van der Waals surface area contributed by atoms with Crippen LogP contribution in [-0.2, 0) is 0 Å². The van der Waals surface area contributed by atoms with Crippen LogP contribution in [0.4, 0.5) is 0 Å². The number of aromatic nitrogens is 1. The number of carbonyl (C=O) groups excluding carboxylic acids is 1. The largest absolute Gasteiger partial charge is 0.491 e. The molecule has 0 bridgehead atoms.